The van der Waals surface area contributed by atoms with E-state index in [0.717, 1.165) is 22.6 Å². The molecule has 2 unspecified atom stereocenters. The van der Waals surface area contributed by atoms with E-state index >= 15 is 0 Å². The Kier molecular flexibility index (Phi) is 7.40. The van der Waals surface area contributed by atoms with Crippen molar-refractivity contribution in [3.63, 3.8) is 0 Å². The van der Waals surface area contributed by atoms with E-state index < -0.39 is 0 Å². The summed E-state index contributed by atoms with van der Waals surface area (Å²) in [5, 5.41) is 18.0. The molecule has 1 aliphatic heterocycles. The maximum absolute atomic E-state index is 3.97. The zero-order valence-electron chi connectivity index (χ0n) is 31.7. The van der Waals surface area contributed by atoms with Gasteiger partial charge >= 0.3 is 0 Å². The quantitative estimate of drug-likeness (QED) is 0.184. The highest BCUT2D eigenvalue weighted by Gasteiger charge is 2.26. The lowest BCUT2D eigenvalue weighted by molar-refractivity contribution is 0.443. The third-order valence-electron chi connectivity index (χ3n) is 12.1. The summed E-state index contributed by atoms with van der Waals surface area (Å²) < 4.78 is 4.83. The number of nitrogens with zero attached hydrogens (tertiary/aromatic N) is 2. The summed E-state index contributed by atoms with van der Waals surface area (Å²) in [6, 6.07) is 72.8. The topological polar surface area (TPSA) is 33.9 Å². The Morgan fingerprint density at radius 2 is 0.948 bits per heavy atom. The Morgan fingerprint density at radius 1 is 0.379 bits per heavy atom. The van der Waals surface area contributed by atoms with Crippen LogP contribution >= 0.6 is 0 Å². The van der Waals surface area contributed by atoms with E-state index in [1.165, 1.54) is 76.3 Å². The van der Waals surface area contributed by atoms with Crippen LogP contribution in [0.3, 0.4) is 0 Å². The van der Waals surface area contributed by atoms with Gasteiger partial charge in [-0.05, 0) is 98.9 Å². The van der Waals surface area contributed by atoms with Crippen molar-refractivity contribution in [2.45, 2.75) is 12.2 Å². The first-order valence-corrected chi connectivity index (χ1v) is 20.1. The van der Waals surface area contributed by atoms with Gasteiger partial charge in [0, 0.05) is 38.6 Å². The molecule has 0 aliphatic carbocycles. The van der Waals surface area contributed by atoms with Gasteiger partial charge in [-0.3, -0.25) is 5.32 Å². The first-order chi connectivity index (χ1) is 28.8. The van der Waals surface area contributed by atoms with Crippen LogP contribution in [0.25, 0.3) is 82.2 Å². The first kappa shape index (κ1) is 32.8. The van der Waals surface area contributed by atoms with E-state index in [1.54, 1.807) is 0 Å². The molecule has 2 aromatic heterocycles. The summed E-state index contributed by atoms with van der Waals surface area (Å²) in [7, 11) is 0. The third kappa shape index (κ3) is 5.12. The molecule has 0 amide bonds. The van der Waals surface area contributed by atoms with E-state index in [0.29, 0.717) is 0 Å². The lowest BCUT2D eigenvalue weighted by Crippen LogP contribution is -2.39. The van der Waals surface area contributed by atoms with Crippen LogP contribution in [-0.4, -0.2) is 9.13 Å². The highest BCUT2D eigenvalue weighted by atomic mass is 15.2. The third-order valence-corrected chi connectivity index (χ3v) is 12.1. The second kappa shape index (κ2) is 13.1. The lowest BCUT2D eigenvalue weighted by Gasteiger charge is -2.33. The van der Waals surface area contributed by atoms with Crippen LogP contribution in [0.4, 0.5) is 0 Å². The van der Waals surface area contributed by atoms with Crippen LogP contribution < -0.4 is 10.6 Å². The first-order valence-electron chi connectivity index (χ1n) is 20.1. The van der Waals surface area contributed by atoms with E-state index in [4.69, 9.17) is 0 Å². The molecular weight excluding hydrogens is 705 g/mol. The van der Waals surface area contributed by atoms with Gasteiger partial charge in [0.2, 0.25) is 0 Å². The van der Waals surface area contributed by atoms with E-state index in [-0.39, 0.29) is 12.2 Å². The van der Waals surface area contributed by atoms with Crippen molar-refractivity contribution in [3.8, 4) is 11.4 Å². The van der Waals surface area contributed by atoms with Gasteiger partial charge in [0.1, 0.15) is 6.17 Å². The normalized spacial score (nSPS) is 15.8. The van der Waals surface area contributed by atoms with Gasteiger partial charge in [-0.1, -0.05) is 146 Å². The van der Waals surface area contributed by atoms with Gasteiger partial charge < -0.3 is 14.5 Å². The largest absolute Gasteiger partial charge is 0.366 e. The number of fused-ring (bicyclic) bond motifs is 10. The molecular formula is C54H38N4. The molecule has 58 heavy (non-hydrogen) atoms. The minimum atomic E-state index is -0.136. The number of hydrogen-bond donors (Lipinski definition) is 2. The van der Waals surface area contributed by atoms with Crippen molar-refractivity contribution in [1.29, 1.82) is 0 Å². The molecule has 3 heterocycles. The lowest BCUT2D eigenvalue weighted by atomic mass is 9.97. The zero-order valence-corrected chi connectivity index (χ0v) is 31.7. The van der Waals surface area contributed by atoms with Gasteiger partial charge in [0.05, 0.1) is 28.1 Å². The molecule has 4 heteroatoms. The molecule has 0 saturated carbocycles. The summed E-state index contributed by atoms with van der Waals surface area (Å²) in [5.41, 5.74) is 11.8. The smallest absolute Gasteiger partial charge is 0.104 e. The van der Waals surface area contributed by atoms with Gasteiger partial charge in [0.25, 0.3) is 0 Å². The van der Waals surface area contributed by atoms with Crippen molar-refractivity contribution >= 4 is 70.9 Å². The van der Waals surface area contributed by atoms with Gasteiger partial charge in [-0.15, -0.1) is 0 Å². The van der Waals surface area contributed by atoms with Crippen LogP contribution in [0.1, 0.15) is 28.9 Å². The highest BCUT2D eigenvalue weighted by Crippen LogP contribution is 2.41. The van der Waals surface area contributed by atoms with E-state index in [2.05, 4.69) is 226 Å². The van der Waals surface area contributed by atoms with Crippen LogP contribution in [0.5, 0.6) is 0 Å². The standard InChI is InChI=1S/C54H38N4/c1-3-16-37(17-4-1)46-34-47(56-54(55-46)39-28-29-49-45(33-39)44-24-11-12-25-48(44)57(49)40-19-5-2-6-20-40)38-18-13-21-41(32-38)58-50-30-26-35-14-7-9-22-42(35)52(50)53-43-23-10-8-15-36(43)27-31-51(53)58/h1-34,46,54-56H. The van der Waals surface area contributed by atoms with Gasteiger partial charge in [-0.25, -0.2) is 0 Å². The summed E-state index contributed by atoms with van der Waals surface area (Å²) in [5.74, 6) is 0. The fourth-order valence-electron chi connectivity index (χ4n) is 9.52. The summed E-state index contributed by atoms with van der Waals surface area (Å²) in [6.45, 7) is 0. The minimum Gasteiger partial charge on any atom is -0.366 e. The Bertz CT molecular complexity index is 3320. The molecule has 0 fully saturated rings. The van der Waals surface area contributed by atoms with Crippen molar-refractivity contribution in [2.24, 2.45) is 0 Å². The molecule has 11 aromatic rings. The number of para-hydroxylation sites is 2. The number of benzene rings is 9. The monoisotopic (exact) mass is 742 g/mol. The van der Waals surface area contributed by atoms with Crippen molar-refractivity contribution in [3.05, 3.63) is 223 Å². The summed E-state index contributed by atoms with van der Waals surface area (Å²) in [6.07, 6.45) is 2.21. The van der Waals surface area contributed by atoms with Crippen LogP contribution in [0, 0.1) is 0 Å². The Labute approximate surface area is 335 Å². The van der Waals surface area contributed by atoms with Crippen LogP contribution in [0.15, 0.2) is 206 Å². The molecule has 1 aliphatic rings. The second-order valence-corrected chi connectivity index (χ2v) is 15.4. The molecule has 0 saturated heterocycles. The summed E-state index contributed by atoms with van der Waals surface area (Å²) in [4.78, 5) is 0. The number of rotatable bonds is 5. The molecule has 0 bridgehead atoms. The molecule has 4 nitrogen and oxygen atoms in total. The van der Waals surface area contributed by atoms with Gasteiger partial charge in [-0.2, -0.15) is 0 Å². The van der Waals surface area contributed by atoms with Crippen LogP contribution in [0.2, 0.25) is 0 Å². The van der Waals surface area contributed by atoms with E-state index in [1.807, 2.05) is 0 Å². The fraction of sp³-hybridized carbons (Fsp3) is 0.0370. The second-order valence-electron chi connectivity index (χ2n) is 15.4. The molecule has 274 valence electrons. The predicted octanol–water partition coefficient (Wildman–Crippen LogP) is 13.2. The molecule has 0 spiro atoms. The highest BCUT2D eigenvalue weighted by molar-refractivity contribution is 6.28. The van der Waals surface area contributed by atoms with Gasteiger partial charge in [0.15, 0.2) is 0 Å². The average Bonchev–Trinajstić information content (AvgIpc) is 3.83. The molecule has 2 N–H and O–H groups in total. The Morgan fingerprint density at radius 3 is 1.67 bits per heavy atom. The maximum Gasteiger partial charge on any atom is 0.104 e. The predicted molar refractivity (Wildman–Crippen MR) is 243 cm³/mol. The van der Waals surface area contributed by atoms with Crippen molar-refractivity contribution in [2.75, 3.05) is 0 Å². The number of hydrogen-bond acceptors (Lipinski definition) is 2. The Balaban J connectivity index is 1.01. The van der Waals surface area contributed by atoms with Crippen LogP contribution in [-0.2, 0) is 0 Å². The van der Waals surface area contributed by atoms with E-state index in [9.17, 15) is 0 Å². The van der Waals surface area contributed by atoms with Crippen molar-refractivity contribution < 1.29 is 0 Å². The maximum atomic E-state index is 3.97. The SMILES string of the molecule is C1=C(c2cccc(-n3c4ccc5ccccc5c4c4c5ccccc5ccc43)c2)NC(c2ccc3c(c2)c2ccccc2n3-c2ccccc2)NC1c1ccccc1. The number of nitrogens with one attached hydrogen (secondary N) is 2. The average molecular weight is 743 g/mol. The minimum absolute atomic E-state index is 0.00145. The van der Waals surface area contributed by atoms with Crippen molar-refractivity contribution in [1.82, 2.24) is 19.8 Å². The summed E-state index contributed by atoms with van der Waals surface area (Å²) >= 11 is 0. The zero-order chi connectivity index (χ0) is 38.2. The molecule has 0 radical (unpaired) electrons. The Hall–Kier alpha value is -7.40. The molecule has 2 atom stereocenters. The number of aromatic nitrogens is 2. The molecule has 9 aromatic carbocycles. The molecule has 12 rings (SSSR count). The fourth-order valence-corrected chi connectivity index (χ4v) is 9.52.